The van der Waals surface area contributed by atoms with E-state index in [0.29, 0.717) is 0 Å². The van der Waals surface area contributed by atoms with Gasteiger partial charge in [0.15, 0.2) is 21.2 Å². The Balaban J connectivity index is 2.26. The molecule has 1 unspecified atom stereocenters. The summed E-state index contributed by atoms with van der Waals surface area (Å²) in [7, 11) is -3.30. The molecule has 2 aromatic heterocycles. The zero-order valence-corrected chi connectivity index (χ0v) is 11.7. The number of rotatable bonds is 1. The van der Waals surface area contributed by atoms with E-state index >= 15 is 0 Å². The monoisotopic (exact) mass is 323 g/mol. The summed E-state index contributed by atoms with van der Waals surface area (Å²) in [6.45, 7) is 1.55. The van der Waals surface area contributed by atoms with Crippen molar-refractivity contribution in [3.8, 4) is 0 Å². The number of alkyl halides is 3. The maximum absolute atomic E-state index is 13.1. The lowest BCUT2D eigenvalue weighted by Crippen LogP contribution is -2.33. The first-order valence-electron chi connectivity index (χ1n) is 6.04. The number of halogens is 3. The van der Waals surface area contributed by atoms with Gasteiger partial charge in [-0.15, -0.1) is 0 Å². The Morgan fingerprint density at radius 1 is 1.43 bits per heavy atom. The molecule has 21 heavy (non-hydrogen) atoms. The van der Waals surface area contributed by atoms with Gasteiger partial charge >= 0.3 is 6.18 Å². The molecule has 0 aromatic carbocycles. The van der Waals surface area contributed by atoms with E-state index < -0.39 is 27.2 Å². The number of anilines is 1. The molecule has 0 amide bonds. The molecule has 1 atom stereocenters. The smallest absolute Gasteiger partial charge is 0.383 e. The normalized spacial score (nSPS) is 25.7. The van der Waals surface area contributed by atoms with Crippen LogP contribution in [0.3, 0.4) is 0 Å². The van der Waals surface area contributed by atoms with Crippen molar-refractivity contribution in [2.75, 3.05) is 17.2 Å². The number of sulfone groups is 1. The zero-order valence-electron chi connectivity index (χ0n) is 10.9. The zero-order chi connectivity index (χ0) is 15.6. The first kappa shape index (κ1) is 14.2. The summed E-state index contributed by atoms with van der Waals surface area (Å²) in [4.78, 5) is 0. The highest BCUT2D eigenvalue weighted by atomic mass is 32.2. The average molecular weight is 323 g/mol. The second-order valence-electron chi connectivity index (χ2n) is 5.43. The molecule has 2 aromatic rings. The van der Waals surface area contributed by atoms with Crippen LogP contribution in [-0.4, -0.2) is 39.9 Å². The lowest BCUT2D eigenvalue weighted by molar-refractivity contribution is -0.140. The Morgan fingerprint density at radius 3 is 2.62 bits per heavy atom. The number of nitrogen functional groups attached to an aromatic ring is 1. The molecule has 1 saturated heterocycles. The molecule has 0 bridgehead atoms. The maximum atomic E-state index is 13.1. The second-order valence-corrected chi connectivity index (χ2v) is 7.62. The van der Waals surface area contributed by atoms with Crippen molar-refractivity contribution in [2.24, 2.45) is 0 Å². The summed E-state index contributed by atoms with van der Waals surface area (Å²) < 4.78 is 63.5. The van der Waals surface area contributed by atoms with Crippen molar-refractivity contribution in [1.29, 1.82) is 0 Å². The van der Waals surface area contributed by atoms with Crippen LogP contribution in [0.4, 0.5) is 19.0 Å². The molecule has 1 fully saturated rings. The minimum Gasteiger partial charge on any atom is -0.383 e. The first-order chi connectivity index (χ1) is 9.54. The van der Waals surface area contributed by atoms with Crippen LogP contribution in [0.2, 0.25) is 0 Å². The molecule has 3 heterocycles. The second kappa shape index (κ2) is 3.90. The van der Waals surface area contributed by atoms with Gasteiger partial charge in [-0.05, 0) is 13.3 Å². The van der Waals surface area contributed by atoms with Crippen LogP contribution in [0.15, 0.2) is 0 Å². The van der Waals surface area contributed by atoms with Gasteiger partial charge in [0.2, 0.25) is 0 Å². The third-order valence-corrected chi connectivity index (χ3v) is 5.56. The highest BCUT2D eigenvalue weighted by Gasteiger charge is 2.45. The fraction of sp³-hybridized carbons (Fsp3) is 0.600. The van der Waals surface area contributed by atoms with E-state index in [-0.39, 0.29) is 34.8 Å². The molecule has 0 saturated carbocycles. The standard InChI is InChI=1S/C10H12F3N5O2S/c1-9(2-3-21(19,20)4-9)18-8-5(7(14)15-16-8)6(17-18)10(11,12)13/h2-4H2,1H3,(H3,14,15,16). The highest BCUT2D eigenvalue weighted by molar-refractivity contribution is 7.91. The van der Waals surface area contributed by atoms with Crippen molar-refractivity contribution in [3.63, 3.8) is 0 Å². The fourth-order valence-electron chi connectivity index (χ4n) is 2.66. The van der Waals surface area contributed by atoms with Crippen LogP contribution < -0.4 is 5.73 Å². The van der Waals surface area contributed by atoms with Gasteiger partial charge in [0.25, 0.3) is 0 Å². The lowest BCUT2D eigenvalue weighted by Gasteiger charge is -2.22. The van der Waals surface area contributed by atoms with Crippen LogP contribution in [0.1, 0.15) is 19.0 Å². The number of H-pyrrole nitrogens is 1. The minimum absolute atomic E-state index is 0.0839. The third-order valence-electron chi connectivity index (χ3n) is 3.67. The SMILES string of the molecule is CC1(n2nc(C(F)(F)F)c3c(N)[nH]nc32)CCS(=O)(=O)C1. The predicted octanol–water partition coefficient (Wildman–Crippen LogP) is 0.894. The Kier molecular flexibility index (Phi) is 2.63. The minimum atomic E-state index is -4.70. The Hall–Kier alpha value is -1.78. The Morgan fingerprint density at radius 2 is 2.10 bits per heavy atom. The van der Waals surface area contributed by atoms with Gasteiger partial charge in [-0.3, -0.25) is 5.10 Å². The number of aromatic amines is 1. The van der Waals surface area contributed by atoms with Gasteiger partial charge in [-0.2, -0.15) is 23.4 Å². The lowest BCUT2D eigenvalue weighted by atomic mass is 10.0. The maximum Gasteiger partial charge on any atom is 0.435 e. The van der Waals surface area contributed by atoms with E-state index in [1.165, 1.54) is 0 Å². The van der Waals surface area contributed by atoms with E-state index in [1.54, 1.807) is 6.92 Å². The average Bonchev–Trinajstić information content (AvgIpc) is 2.94. The van der Waals surface area contributed by atoms with Crippen LogP contribution in [0.25, 0.3) is 11.0 Å². The summed E-state index contributed by atoms with van der Waals surface area (Å²) in [5.74, 6) is -0.611. The van der Waals surface area contributed by atoms with E-state index in [0.717, 1.165) is 4.68 Å². The largest absolute Gasteiger partial charge is 0.435 e. The van der Waals surface area contributed by atoms with Gasteiger partial charge in [-0.1, -0.05) is 0 Å². The summed E-state index contributed by atoms with van der Waals surface area (Å²) in [6.07, 6.45) is -4.52. The summed E-state index contributed by atoms with van der Waals surface area (Å²) >= 11 is 0. The van der Waals surface area contributed by atoms with Crippen molar-refractivity contribution in [1.82, 2.24) is 20.0 Å². The molecule has 3 N–H and O–H groups in total. The van der Waals surface area contributed by atoms with Gasteiger partial charge in [0.1, 0.15) is 5.82 Å². The Labute approximate surface area is 117 Å². The summed E-state index contributed by atoms with van der Waals surface area (Å²) in [5.41, 5.74) is 3.18. The van der Waals surface area contributed by atoms with Crippen molar-refractivity contribution in [2.45, 2.75) is 25.1 Å². The van der Waals surface area contributed by atoms with Crippen LogP contribution >= 0.6 is 0 Å². The van der Waals surface area contributed by atoms with E-state index in [1.807, 2.05) is 0 Å². The van der Waals surface area contributed by atoms with E-state index in [2.05, 4.69) is 15.3 Å². The fourth-order valence-corrected chi connectivity index (χ4v) is 4.77. The number of nitrogens with two attached hydrogens (primary N) is 1. The summed E-state index contributed by atoms with van der Waals surface area (Å²) in [6, 6.07) is 0. The molecule has 3 rings (SSSR count). The molecule has 0 aliphatic carbocycles. The number of aromatic nitrogens is 4. The molecule has 11 heteroatoms. The molecule has 1 aliphatic rings. The quantitative estimate of drug-likeness (QED) is 0.810. The first-order valence-corrected chi connectivity index (χ1v) is 7.86. The third kappa shape index (κ3) is 2.06. The van der Waals surface area contributed by atoms with Crippen LogP contribution in [0, 0.1) is 0 Å². The Bertz CT molecular complexity index is 822. The molecular formula is C10H12F3N5O2S. The number of fused-ring (bicyclic) bond motifs is 1. The van der Waals surface area contributed by atoms with Gasteiger partial charge in [0, 0.05) is 0 Å². The highest BCUT2D eigenvalue weighted by Crippen LogP contribution is 2.39. The molecule has 1 aliphatic heterocycles. The van der Waals surface area contributed by atoms with Crippen molar-refractivity contribution in [3.05, 3.63) is 5.69 Å². The van der Waals surface area contributed by atoms with Crippen LogP contribution in [0.5, 0.6) is 0 Å². The number of hydrogen-bond donors (Lipinski definition) is 2. The number of hydrogen-bond acceptors (Lipinski definition) is 5. The summed E-state index contributed by atoms with van der Waals surface area (Å²) in [5, 5.41) is 9.27. The molecule has 7 nitrogen and oxygen atoms in total. The van der Waals surface area contributed by atoms with Gasteiger partial charge in [-0.25, -0.2) is 13.1 Å². The van der Waals surface area contributed by atoms with Gasteiger partial charge < -0.3 is 5.73 Å². The molecular weight excluding hydrogens is 311 g/mol. The van der Waals surface area contributed by atoms with Gasteiger partial charge in [0.05, 0.1) is 22.4 Å². The van der Waals surface area contributed by atoms with Crippen molar-refractivity contribution < 1.29 is 21.6 Å². The molecule has 0 radical (unpaired) electrons. The number of nitrogens with one attached hydrogen (secondary N) is 1. The van der Waals surface area contributed by atoms with Crippen molar-refractivity contribution >= 4 is 26.7 Å². The predicted molar refractivity (Wildman–Crippen MR) is 68.2 cm³/mol. The number of nitrogens with zero attached hydrogens (tertiary/aromatic N) is 3. The van der Waals surface area contributed by atoms with Crippen LogP contribution in [-0.2, 0) is 21.6 Å². The molecule has 116 valence electrons. The van der Waals surface area contributed by atoms with E-state index in [4.69, 9.17) is 5.73 Å². The topological polar surface area (TPSA) is 107 Å². The van der Waals surface area contributed by atoms with E-state index in [9.17, 15) is 21.6 Å². The molecule has 0 spiro atoms.